The monoisotopic (exact) mass is 472 g/mol. The lowest BCUT2D eigenvalue weighted by Crippen LogP contribution is -2.42. The summed E-state index contributed by atoms with van der Waals surface area (Å²) < 4.78 is 5.74. The summed E-state index contributed by atoms with van der Waals surface area (Å²) in [5.74, 6) is 1.80. The number of rotatable bonds is 7. The number of nitrogens with zero attached hydrogens (tertiary/aromatic N) is 3. The van der Waals surface area contributed by atoms with Crippen LogP contribution in [0.25, 0.3) is 0 Å². The zero-order valence-electron chi connectivity index (χ0n) is 15.9. The number of likely N-dealkylation sites (tertiary alicyclic amines) is 2. The number of ether oxygens (including phenoxy) is 1. The zero-order chi connectivity index (χ0) is 17.3. The van der Waals surface area contributed by atoms with Gasteiger partial charge < -0.3 is 19.9 Å². The van der Waals surface area contributed by atoms with Crippen molar-refractivity contribution >= 4 is 29.9 Å². The summed E-state index contributed by atoms with van der Waals surface area (Å²) in [7, 11) is 1.88. The van der Waals surface area contributed by atoms with Gasteiger partial charge in [-0.3, -0.25) is 4.99 Å². The highest BCUT2D eigenvalue weighted by atomic mass is 127. The van der Waals surface area contributed by atoms with Crippen LogP contribution >= 0.6 is 24.0 Å². The molecule has 1 aromatic rings. The summed E-state index contributed by atoms with van der Waals surface area (Å²) in [5, 5.41) is 3.45. The summed E-state index contributed by atoms with van der Waals surface area (Å²) in [6, 6.07) is 10.3. The van der Waals surface area contributed by atoms with Crippen LogP contribution in [0.5, 0.6) is 0 Å². The third kappa shape index (κ3) is 6.70. The van der Waals surface area contributed by atoms with E-state index in [1.54, 1.807) is 0 Å². The Morgan fingerprint density at radius 2 is 1.96 bits per heavy atom. The van der Waals surface area contributed by atoms with Gasteiger partial charge in [-0.25, -0.2) is 0 Å². The first-order chi connectivity index (χ1) is 12.3. The van der Waals surface area contributed by atoms with Crippen molar-refractivity contribution in [2.45, 2.75) is 25.9 Å². The van der Waals surface area contributed by atoms with Crippen LogP contribution < -0.4 is 5.32 Å². The van der Waals surface area contributed by atoms with Crippen molar-refractivity contribution < 1.29 is 4.74 Å². The maximum atomic E-state index is 5.74. The second-order valence-corrected chi connectivity index (χ2v) is 7.12. The molecule has 0 radical (unpaired) electrons. The molecule has 0 bridgehead atoms. The molecule has 2 aliphatic rings. The summed E-state index contributed by atoms with van der Waals surface area (Å²) in [5.41, 5.74) is 1.22. The molecule has 1 atom stereocenters. The van der Waals surface area contributed by atoms with Gasteiger partial charge in [-0.1, -0.05) is 30.3 Å². The van der Waals surface area contributed by atoms with E-state index < -0.39 is 0 Å². The Balaban J connectivity index is 0.00000243. The van der Waals surface area contributed by atoms with Crippen LogP contribution in [-0.2, 0) is 11.3 Å². The predicted molar refractivity (Wildman–Crippen MR) is 118 cm³/mol. The molecular formula is C20H33IN4O. The molecule has 0 aromatic heterocycles. The Morgan fingerprint density at radius 3 is 2.69 bits per heavy atom. The molecule has 2 fully saturated rings. The maximum Gasteiger partial charge on any atom is 0.193 e. The number of nitrogens with one attached hydrogen (secondary N) is 1. The predicted octanol–water partition coefficient (Wildman–Crippen LogP) is 2.81. The van der Waals surface area contributed by atoms with Crippen molar-refractivity contribution in [3.8, 4) is 0 Å². The SMILES string of the molecule is CN=C(NCCOCc1ccccc1)N1CCC(CN2CCCC2)C1.I. The van der Waals surface area contributed by atoms with Crippen molar-refractivity contribution in [1.82, 2.24) is 15.1 Å². The number of hydrogen-bond acceptors (Lipinski definition) is 3. The molecule has 2 heterocycles. The smallest absolute Gasteiger partial charge is 0.193 e. The molecule has 0 spiro atoms. The second kappa shape index (κ2) is 11.8. The van der Waals surface area contributed by atoms with Crippen molar-refractivity contribution in [3.05, 3.63) is 35.9 Å². The van der Waals surface area contributed by atoms with Crippen LogP contribution in [0.4, 0.5) is 0 Å². The third-order valence-corrected chi connectivity index (χ3v) is 5.15. The Hall–Kier alpha value is -0.860. The molecule has 2 saturated heterocycles. The van der Waals surface area contributed by atoms with E-state index in [1.165, 1.54) is 44.5 Å². The van der Waals surface area contributed by atoms with Gasteiger partial charge in [0.05, 0.1) is 13.2 Å². The van der Waals surface area contributed by atoms with Crippen LogP contribution in [0.2, 0.25) is 0 Å². The van der Waals surface area contributed by atoms with Gasteiger partial charge in [0, 0.05) is 33.2 Å². The Bertz CT molecular complexity index is 534. The lowest BCUT2D eigenvalue weighted by Gasteiger charge is -2.23. The van der Waals surface area contributed by atoms with Gasteiger partial charge in [0.2, 0.25) is 0 Å². The van der Waals surface area contributed by atoms with Crippen LogP contribution in [-0.4, -0.2) is 68.7 Å². The normalized spacial score (nSPS) is 21.0. The van der Waals surface area contributed by atoms with Crippen molar-refractivity contribution in [1.29, 1.82) is 0 Å². The standard InChI is InChI=1S/C20H32N4O.HI/c1-21-20(22-10-14-25-17-18-7-3-2-4-8-18)24-13-9-19(16-24)15-23-11-5-6-12-23;/h2-4,7-8,19H,5-6,9-17H2,1H3,(H,21,22);1H. The molecule has 0 aliphatic carbocycles. The van der Waals surface area contributed by atoms with E-state index in [-0.39, 0.29) is 24.0 Å². The highest BCUT2D eigenvalue weighted by molar-refractivity contribution is 14.0. The van der Waals surface area contributed by atoms with Gasteiger partial charge >= 0.3 is 0 Å². The minimum absolute atomic E-state index is 0. The largest absolute Gasteiger partial charge is 0.375 e. The van der Waals surface area contributed by atoms with Gasteiger partial charge in [0.15, 0.2) is 5.96 Å². The molecule has 26 heavy (non-hydrogen) atoms. The summed E-state index contributed by atoms with van der Waals surface area (Å²) in [4.78, 5) is 9.48. The maximum absolute atomic E-state index is 5.74. The van der Waals surface area contributed by atoms with Crippen molar-refractivity contribution in [2.24, 2.45) is 10.9 Å². The lowest BCUT2D eigenvalue weighted by molar-refractivity contribution is 0.125. The van der Waals surface area contributed by atoms with Crippen LogP contribution in [0.3, 0.4) is 0 Å². The average Bonchev–Trinajstić information content (AvgIpc) is 3.32. The highest BCUT2D eigenvalue weighted by Crippen LogP contribution is 2.19. The van der Waals surface area contributed by atoms with E-state index in [4.69, 9.17) is 4.74 Å². The molecule has 1 N–H and O–H groups in total. The number of aliphatic imine (C=N–C) groups is 1. The molecular weight excluding hydrogens is 439 g/mol. The molecule has 3 rings (SSSR count). The zero-order valence-corrected chi connectivity index (χ0v) is 18.2. The van der Waals surface area contributed by atoms with E-state index >= 15 is 0 Å². The first-order valence-corrected chi connectivity index (χ1v) is 9.65. The minimum atomic E-state index is 0. The molecule has 5 nitrogen and oxygen atoms in total. The van der Waals surface area contributed by atoms with Gasteiger partial charge in [0.1, 0.15) is 0 Å². The van der Waals surface area contributed by atoms with E-state index in [0.717, 1.165) is 31.5 Å². The third-order valence-electron chi connectivity index (χ3n) is 5.15. The van der Waals surface area contributed by atoms with E-state index in [1.807, 2.05) is 25.2 Å². The van der Waals surface area contributed by atoms with E-state index in [2.05, 4.69) is 32.2 Å². The Labute approximate surface area is 175 Å². The number of halogens is 1. The summed E-state index contributed by atoms with van der Waals surface area (Å²) in [6.07, 6.45) is 4.03. The molecule has 2 aliphatic heterocycles. The second-order valence-electron chi connectivity index (χ2n) is 7.12. The van der Waals surface area contributed by atoms with Crippen LogP contribution in [0.15, 0.2) is 35.3 Å². The molecule has 6 heteroatoms. The molecule has 1 aromatic carbocycles. The Morgan fingerprint density at radius 1 is 1.19 bits per heavy atom. The topological polar surface area (TPSA) is 40.1 Å². The quantitative estimate of drug-likeness (QED) is 0.287. The van der Waals surface area contributed by atoms with E-state index in [9.17, 15) is 0 Å². The molecule has 1 unspecified atom stereocenters. The Kier molecular flexibility index (Phi) is 9.71. The average molecular weight is 472 g/mol. The van der Waals surface area contributed by atoms with Crippen LogP contribution in [0, 0.1) is 5.92 Å². The fourth-order valence-electron chi connectivity index (χ4n) is 3.84. The van der Waals surface area contributed by atoms with Crippen LogP contribution in [0.1, 0.15) is 24.8 Å². The summed E-state index contributed by atoms with van der Waals surface area (Å²) in [6.45, 7) is 8.25. The van der Waals surface area contributed by atoms with E-state index in [0.29, 0.717) is 13.2 Å². The van der Waals surface area contributed by atoms with Gasteiger partial charge in [-0.05, 0) is 43.8 Å². The van der Waals surface area contributed by atoms with Crippen molar-refractivity contribution in [3.63, 3.8) is 0 Å². The molecule has 0 saturated carbocycles. The number of guanidine groups is 1. The van der Waals surface area contributed by atoms with Gasteiger partial charge in [-0.2, -0.15) is 0 Å². The minimum Gasteiger partial charge on any atom is -0.375 e. The van der Waals surface area contributed by atoms with Gasteiger partial charge in [0.25, 0.3) is 0 Å². The first-order valence-electron chi connectivity index (χ1n) is 9.65. The number of hydrogen-bond donors (Lipinski definition) is 1. The highest BCUT2D eigenvalue weighted by Gasteiger charge is 2.27. The number of benzene rings is 1. The molecule has 0 amide bonds. The first kappa shape index (κ1) is 21.4. The van der Waals surface area contributed by atoms with Gasteiger partial charge in [-0.15, -0.1) is 24.0 Å². The summed E-state index contributed by atoms with van der Waals surface area (Å²) >= 11 is 0. The fraction of sp³-hybridized carbons (Fsp3) is 0.650. The fourth-order valence-corrected chi connectivity index (χ4v) is 3.84. The lowest BCUT2D eigenvalue weighted by atomic mass is 10.1. The molecule has 146 valence electrons. The van der Waals surface area contributed by atoms with Crippen molar-refractivity contribution in [2.75, 3.05) is 52.9 Å².